The fourth-order valence-corrected chi connectivity index (χ4v) is 7.75. The van der Waals surface area contributed by atoms with Crippen LogP contribution in [0.3, 0.4) is 0 Å². The van der Waals surface area contributed by atoms with Crippen molar-refractivity contribution in [3.05, 3.63) is 42.0 Å². The van der Waals surface area contributed by atoms with Crippen molar-refractivity contribution in [2.24, 2.45) is 0 Å². The van der Waals surface area contributed by atoms with E-state index < -0.39 is 16.0 Å². The SMILES string of the molecule is CCCCCCCCCCCCOc1cc(C(=O)Nc2ccc(S(=O)(=O)[O-])cc2)cc(OCCCCCCCCCCCC)c1OCCCCCCCCCCCC.[Na+]. The van der Waals surface area contributed by atoms with Crippen LogP contribution in [0.5, 0.6) is 17.2 Å². The number of carbonyl (C=O) groups excluding carboxylic acids is 1. The van der Waals surface area contributed by atoms with E-state index in [1.807, 2.05) is 0 Å². The molecule has 0 heterocycles. The van der Waals surface area contributed by atoms with Gasteiger partial charge in [0.2, 0.25) is 5.75 Å². The third-order valence-electron chi connectivity index (χ3n) is 10.9. The number of nitrogens with one attached hydrogen (secondary N) is 1. The first-order chi connectivity index (χ1) is 28.3. The van der Waals surface area contributed by atoms with Crippen molar-refractivity contribution in [1.29, 1.82) is 0 Å². The van der Waals surface area contributed by atoms with Gasteiger partial charge in [-0.25, -0.2) is 8.42 Å². The number of carbonyl (C=O) groups is 1. The van der Waals surface area contributed by atoms with Crippen molar-refractivity contribution in [3.8, 4) is 17.2 Å². The van der Waals surface area contributed by atoms with E-state index in [9.17, 15) is 17.8 Å². The summed E-state index contributed by atoms with van der Waals surface area (Å²) in [6, 6.07) is 8.68. The van der Waals surface area contributed by atoms with Gasteiger partial charge in [-0.3, -0.25) is 4.79 Å². The molecule has 59 heavy (non-hydrogen) atoms. The van der Waals surface area contributed by atoms with Gasteiger partial charge in [0.05, 0.1) is 24.7 Å². The second-order valence-electron chi connectivity index (χ2n) is 16.3. The minimum absolute atomic E-state index is 0. The van der Waals surface area contributed by atoms with Gasteiger partial charge in [-0.05, 0) is 55.7 Å². The van der Waals surface area contributed by atoms with Crippen LogP contribution in [0.15, 0.2) is 41.3 Å². The summed E-state index contributed by atoms with van der Waals surface area (Å²) in [6.07, 6.45) is 37.0. The molecule has 1 amide bonds. The van der Waals surface area contributed by atoms with Crippen LogP contribution < -0.4 is 49.1 Å². The van der Waals surface area contributed by atoms with Crippen LogP contribution >= 0.6 is 0 Å². The van der Waals surface area contributed by atoms with Gasteiger partial charge in [-0.15, -0.1) is 0 Å². The number of hydrogen-bond donors (Lipinski definition) is 1. The third-order valence-corrected chi connectivity index (χ3v) is 11.8. The van der Waals surface area contributed by atoms with E-state index in [2.05, 4.69) is 26.1 Å². The van der Waals surface area contributed by atoms with Gasteiger partial charge in [0.15, 0.2) is 11.5 Å². The molecule has 0 unspecified atom stereocenters. The van der Waals surface area contributed by atoms with E-state index >= 15 is 0 Å². The zero-order valence-corrected chi connectivity index (χ0v) is 40.9. The molecule has 0 bridgehead atoms. The predicted octanol–water partition coefficient (Wildman–Crippen LogP) is 11.7. The van der Waals surface area contributed by atoms with E-state index in [1.54, 1.807) is 12.1 Å². The summed E-state index contributed by atoms with van der Waals surface area (Å²) >= 11 is 0. The monoisotopic (exact) mass is 852 g/mol. The Kier molecular flexibility index (Phi) is 34.5. The molecule has 2 aromatic rings. The molecule has 0 aliphatic carbocycles. The molecule has 0 radical (unpaired) electrons. The average Bonchev–Trinajstić information content (AvgIpc) is 3.21. The van der Waals surface area contributed by atoms with Gasteiger partial charge in [-0.1, -0.05) is 194 Å². The van der Waals surface area contributed by atoms with Gasteiger partial charge in [0, 0.05) is 11.3 Å². The fourth-order valence-electron chi connectivity index (χ4n) is 7.28. The van der Waals surface area contributed by atoms with Crippen LogP contribution in [-0.2, 0) is 10.1 Å². The molecule has 0 saturated carbocycles. The first kappa shape index (κ1) is 55.2. The Hall–Kier alpha value is -1.78. The fraction of sp³-hybridized carbons (Fsp3) is 0.735. The van der Waals surface area contributed by atoms with Crippen LogP contribution in [0.1, 0.15) is 224 Å². The van der Waals surface area contributed by atoms with Crippen LogP contribution in [0, 0.1) is 0 Å². The smallest absolute Gasteiger partial charge is 0.744 e. The molecule has 2 aromatic carbocycles. The van der Waals surface area contributed by atoms with Crippen LogP contribution in [0.2, 0.25) is 0 Å². The minimum Gasteiger partial charge on any atom is -0.744 e. The van der Waals surface area contributed by atoms with Crippen LogP contribution in [0.4, 0.5) is 5.69 Å². The maximum Gasteiger partial charge on any atom is 1.00 e. The molecule has 332 valence electrons. The van der Waals surface area contributed by atoms with Crippen LogP contribution in [0.25, 0.3) is 0 Å². The van der Waals surface area contributed by atoms with Crippen molar-refractivity contribution in [2.75, 3.05) is 25.1 Å². The average molecular weight is 852 g/mol. The number of anilines is 1. The van der Waals surface area contributed by atoms with E-state index in [4.69, 9.17) is 14.2 Å². The first-order valence-electron chi connectivity index (χ1n) is 23.7. The molecule has 1 N–H and O–H groups in total. The number of ether oxygens (including phenoxy) is 3. The molecule has 0 aliphatic heterocycles. The largest absolute Gasteiger partial charge is 1.00 e. The van der Waals surface area contributed by atoms with E-state index in [0.29, 0.717) is 48.3 Å². The summed E-state index contributed by atoms with van der Waals surface area (Å²) in [4.78, 5) is 13.3. The Morgan fingerprint density at radius 1 is 0.492 bits per heavy atom. The molecule has 0 saturated heterocycles. The maximum absolute atomic E-state index is 13.6. The Balaban J connectivity index is 0.0000174. The van der Waals surface area contributed by atoms with Gasteiger partial charge in [0.25, 0.3) is 5.91 Å². The molecule has 0 aromatic heterocycles. The predicted molar refractivity (Wildman–Crippen MR) is 241 cm³/mol. The summed E-state index contributed by atoms with van der Waals surface area (Å²) in [5.74, 6) is 1.16. The molecule has 0 atom stereocenters. The number of amides is 1. The standard InChI is InChI=1S/C49H83NO7S.Na/c1-4-7-10-13-16-19-22-25-28-31-38-55-46-41-43(49(51)50-44-34-36-45(37-35-44)58(52,53)54)42-47(56-39-32-29-26-23-20-17-14-11-8-5-2)48(46)57-40-33-30-27-24-21-18-15-12-9-6-3;/h34-37,41-42H,4-33,38-40H2,1-3H3,(H,50,51)(H,52,53,54);/q;+1/p-1. The van der Waals surface area contributed by atoms with Gasteiger partial charge in [-0.2, -0.15) is 0 Å². The zero-order valence-electron chi connectivity index (χ0n) is 38.1. The summed E-state index contributed by atoms with van der Waals surface area (Å²) in [6.45, 7) is 8.33. The minimum atomic E-state index is -4.59. The number of unbranched alkanes of at least 4 members (excludes halogenated alkanes) is 27. The zero-order chi connectivity index (χ0) is 41.9. The van der Waals surface area contributed by atoms with Gasteiger partial charge in [0.1, 0.15) is 10.1 Å². The molecular weight excluding hydrogens is 770 g/mol. The quantitative estimate of drug-likeness (QED) is 0.0405. The van der Waals surface area contributed by atoms with E-state index in [-0.39, 0.29) is 34.5 Å². The Bertz CT molecular complexity index is 1370. The molecule has 0 spiro atoms. The van der Waals surface area contributed by atoms with E-state index in [1.165, 1.54) is 178 Å². The summed E-state index contributed by atoms with van der Waals surface area (Å²) in [5.41, 5.74) is 0.724. The van der Waals surface area contributed by atoms with Gasteiger partial charge >= 0.3 is 29.6 Å². The van der Waals surface area contributed by atoms with Crippen molar-refractivity contribution < 1.29 is 61.5 Å². The van der Waals surface area contributed by atoms with Crippen molar-refractivity contribution in [2.45, 2.75) is 218 Å². The van der Waals surface area contributed by atoms with E-state index in [0.717, 1.165) is 38.5 Å². The first-order valence-corrected chi connectivity index (χ1v) is 25.1. The topological polar surface area (TPSA) is 114 Å². The number of rotatable bonds is 39. The van der Waals surface area contributed by atoms with Crippen LogP contribution in [-0.4, -0.2) is 38.7 Å². The summed E-state index contributed by atoms with van der Waals surface area (Å²) < 4.78 is 53.6. The van der Waals surface area contributed by atoms with Crippen molar-refractivity contribution >= 4 is 21.7 Å². The number of benzene rings is 2. The third kappa shape index (κ3) is 27.7. The van der Waals surface area contributed by atoms with Crippen molar-refractivity contribution in [3.63, 3.8) is 0 Å². The Morgan fingerprint density at radius 3 is 1.12 bits per heavy atom. The van der Waals surface area contributed by atoms with Crippen molar-refractivity contribution in [1.82, 2.24) is 0 Å². The number of hydrogen-bond acceptors (Lipinski definition) is 7. The Morgan fingerprint density at radius 2 is 0.797 bits per heavy atom. The molecular formula is C49H82NNaO7S. The summed E-state index contributed by atoms with van der Waals surface area (Å²) in [5, 5.41) is 2.84. The Labute approximate surface area is 383 Å². The molecule has 10 heteroatoms. The maximum atomic E-state index is 13.6. The normalized spacial score (nSPS) is 11.3. The molecule has 2 rings (SSSR count). The van der Waals surface area contributed by atoms with Gasteiger partial charge < -0.3 is 24.1 Å². The second-order valence-corrected chi connectivity index (χ2v) is 17.7. The molecule has 0 fully saturated rings. The molecule has 0 aliphatic rings. The summed E-state index contributed by atoms with van der Waals surface area (Å²) in [7, 11) is -4.59. The molecule has 8 nitrogen and oxygen atoms in total. The second kappa shape index (κ2) is 36.8.